The van der Waals surface area contributed by atoms with E-state index in [0.29, 0.717) is 22.5 Å². The lowest BCUT2D eigenvalue weighted by atomic mass is 10.1. The predicted octanol–water partition coefficient (Wildman–Crippen LogP) is 4.96. The van der Waals surface area contributed by atoms with E-state index in [4.69, 9.17) is 16.3 Å². The molecule has 10 heteroatoms. The van der Waals surface area contributed by atoms with Gasteiger partial charge < -0.3 is 10.1 Å². The predicted molar refractivity (Wildman–Crippen MR) is 112 cm³/mol. The molecular weight excluding hydrogens is 447 g/mol. The number of alkyl halides is 3. The third kappa shape index (κ3) is 5.11. The summed E-state index contributed by atoms with van der Waals surface area (Å²) in [6, 6.07) is 11.0. The van der Waals surface area contributed by atoms with Crippen molar-refractivity contribution in [1.29, 1.82) is 0 Å². The van der Waals surface area contributed by atoms with Gasteiger partial charge in [0.25, 0.3) is 5.91 Å². The van der Waals surface area contributed by atoms with Crippen LogP contribution in [0.5, 0.6) is 0 Å². The zero-order valence-electron chi connectivity index (χ0n) is 17.2. The van der Waals surface area contributed by atoms with Gasteiger partial charge in [-0.2, -0.15) is 18.3 Å². The number of hydrogen-bond donors (Lipinski definition) is 1. The van der Waals surface area contributed by atoms with Gasteiger partial charge in [-0.25, -0.2) is 9.48 Å². The molecule has 6 nitrogen and oxygen atoms in total. The highest BCUT2D eigenvalue weighted by Gasteiger charge is 2.29. The van der Waals surface area contributed by atoms with Crippen molar-refractivity contribution in [2.45, 2.75) is 26.6 Å². The van der Waals surface area contributed by atoms with Crippen LogP contribution >= 0.6 is 11.6 Å². The number of amides is 1. The summed E-state index contributed by atoms with van der Waals surface area (Å²) in [7, 11) is 0. The van der Waals surface area contributed by atoms with E-state index >= 15 is 0 Å². The number of rotatable bonds is 6. The molecule has 0 aliphatic carbocycles. The summed E-state index contributed by atoms with van der Waals surface area (Å²) in [6.45, 7) is 3.65. The van der Waals surface area contributed by atoms with Crippen molar-refractivity contribution in [2.24, 2.45) is 0 Å². The van der Waals surface area contributed by atoms with Crippen molar-refractivity contribution in [3.05, 3.63) is 81.6 Å². The Morgan fingerprint density at radius 2 is 1.72 bits per heavy atom. The summed E-state index contributed by atoms with van der Waals surface area (Å²) in [4.78, 5) is 24.4. The molecule has 168 valence electrons. The standard InChI is InChI=1S/C22H19ClF3N3O3/c1-3-32-21(31)19-18(23)13(2)29(28-19)17-10-6-15(7-11-17)20(30)27-12-14-4-8-16(9-5-14)22(24,25)26/h4-11H,3,12H2,1-2H3,(H,27,30). The molecule has 0 unspecified atom stereocenters. The first-order valence-corrected chi connectivity index (χ1v) is 9.96. The quantitative estimate of drug-likeness (QED) is 0.522. The number of nitrogens with zero attached hydrogens (tertiary/aromatic N) is 2. The van der Waals surface area contributed by atoms with Crippen molar-refractivity contribution in [1.82, 2.24) is 15.1 Å². The van der Waals surface area contributed by atoms with Crippen molar-refractivity contribution < 1.29 is 27.5 Å². The maximum Gasteiger partial charge on any atom is 0.416 e. The Morgan fingerprint density at radius 3 is 2.28 bits per heavy atom. The Balaban J connectivity index is 1.69. The number of esters is 1. The maximum atomic E-state index is 12.6. The fourth-order valence-corrected chi connectivity index (χ4v) is 3.11. The van der Waals surface area contributed by atoms with Crippen molar-refractivity contribution in [3.63, 3.8) is 0 Å². The van der Waals surface area contributed by atoms with Crippen LogP contribution in [0.15, 0.2) is 48.5 Å². The number of halogens is 4. The van der Waals surface area contributed by atoms with Gasteiger partial charge in [-0.3, -0.25) is 4.79 Å². The zero-order valence-corrected chi connectivity index (χ0v) is 17.9. The second-order valence-corrected chi connectivity index (χ2v) is 7.18. The molecular formula is C22H19ClF3N3O3. The highest BCUT2D eigenvalue weighted by atomic mass is 35.5. The minimum absolute atomic E-state index is 0.00405. The Morgan fingerprint density at radius 1 is 1.09 bits per heavy atom. The summed E-state index contributed by atoms with van der Waals surface area (Å²) in [5, 5.41) is 7.05. The van der Waals surface area contributed by atoms with Gasteiger partial charge in [0, 0.05) is 12.1 Å². The lowest BCUT2D eigenvalue weighted by molar-refractivity contribution is -0.137. The smallest absolute Gasteiger partial charge is 0.416 e. The molecule has 0 aliphatic heterocycles. The summed E-state index contributed by atoms with van der Waals surface area (Å²) in [5.74, 6) is -1.02. The van der Waals surface area contributed by atoms with Crippen LogP contribution < -0.4 is 5.32 Å². The van der Waals surface area contributed by atoms with Crippen molar-refractivity contribution in [3.8, 4) is 5.69 Å². The minimum atomic E-state index is -4.41. The second-order valence-electron chi connectivity index (χ2n) is 6.80. The summed E-state index contributed by atoms with van der Waals surface area (Å²) in [5.41, 5.74) is 1.26. The molecule has 0 atom stereocenters. The van der Waals surface area contributed by atoms with Crippen LogP contribution in [0.1, 0.15) is 44.6 Å². The molecule has 0 fully saturated rings. The number of carbonyl (C=O) groups is 2. The number of hydrogen-bond acceptors (Lipinski definition) is 4. The van der Waals surface area contributed by atoms with E-state index in [9.17, 15) is 22.8 Å². The number of nitrogens with one attached hydrogen (secondary N) is 1. The van der Waals surface area contributed by atoms with Gasteiger partial charge in [-0.15, -0.1) is 0 Å². The second kappa shape index (κ2) is 9.44. The van der Waals surface area contributed by atoms with E-state index in [-0.39, 0.29) is 29.8 Å². The third-order valence-corrected chi connectivity index (χ3v) is 5.07. The molecule has 0 aliphatic rings. The van der Waals surface area contributed by atoms with Crippen molar-refractivity contribution >= 4 is 23.5 Å². The van der Waals surface area contributed by atoms with Gasteiger partial charge in [-0.1, -0.05) is 23.7 Å². The zero-order chi connectivity index (χ0) is 23.5. The minimum Gasteiger partial charge on any atom is -0.461 e. The fourth-order valence-electron chi connectivity index (χ4n) is 2.91. The number of carbonyl (C=O) groups excluding carboxylic acids is 2. The van der Waals surface area contributed by atoms with Gasteiger partial charge >= 0.3 is 12.1 Å². The van der Waals surface area contributed by atoms with E-state index in [0.717, 1.165) is 12.1 Å². The number of aromatic nitrogens is 2. The molecule has 0 spiro atoms. The van der Waals surface area contributed by atoms with E-state index < -0.39 is 17.7 Å². The molecule has 3 aromatic rings. The van der Waals surface area contributed by atoms with Crippen LogP contribution in [0.3, 0.4) is 0 Å². The molecule has 32 heavy (non-hydrogen) atoms. The first kappa shape index (κ1) is 23.3. The Kier molecular flexibility index (Phi) is 6.88. The maximum absolute atomic E-state index is 12.6. The van der Waals surface area contributed by atoms with E-state index in [1.165, 1.54) is 16.8 Å². The molecule has 1 amide bonds. The fraction of sp³-hybridized carbons (Fsp3) is 0.227. The number of benzene rings is 2. The Labute approximate surface area is 186 Å². The van der Waals surface area contributed by atoms with E-state index in [2.05, 4.69) is 10.4 Å². The third-order valence-electron chi connectivity index (χ3n) is 4.62. The van der Waals surface area contributed by atoms with Crippen LogP contribution in [-0.2, 0) is 17.5 Å². The molecule has 2 aromatic carbocycles. The lowest BCUT2D eigenvalue weighted by Crippen LogP contribution is -2.22. The first-order chi connectivity index (χ1) is 15.1. The SMILES string of the molecule is CCOC(=O)c1nn(-c2ccc(C(=O)NCc3ccc(C(F)(F)F)cc3)cc2)c(C)c1Cl. The van der Waals surface area contributed by atoms with Gasteiger partial charge in [0.05, 0.1) is 28.6 Å². The van der Waals surface area contributed by atoms with E-state index in [1.54, 1.807) is 38.1 Å². The average molecular weight is 466 g/mol. The molecule has 0 bridgehead atoms. The highest BCUT2D eigenvalue weighted by molar-refractivity contribution is 6.34. The highest BCUT2D eigenvalue weighted by Crippen LogP contribution is 2.29. The van der Waals surface area contributed by atoms with Crippen LogP contribution in [0, 0.1) is 6.92 Å². The lowest BCUT2D eigenvalue weighted by Gasteiger charge is -2.09. The Bertz CT molecular complexity index is 1120. The van der Waals surface area contributed by atoms with Crippen LogP contribution in [0.25, 0.3) is 5.69 Å². The molecule has 3 rings (SSSR count). The topological polar surface area (TPSA) is 73.2 Å². The van der Waals surface area contributed by atoms with Crippen LogP contribution in [0.4, 0.5) is 13.2 Å². The van der Waals surface area contributed by atoms with Crippen LogP contribution in [-0.4, -0.2) is 28.3 Å². The van der Waals surface area contributed by atoms with E-state index in [1.807, 2.05) is 0 Å². The molecule has 0 saturated heterocycles. The van der Waals surface area contributed by atoms with Gasteiger partial charge in [0.15, 0.2) is 5.69 Å². The number of ether oxygens (including phenoxy) is 1. The molecule has 1 N–H and O–H groups in total. The molecule has 0 saturated carbocycles. The molecule has 1 aromatic heterocycles. The first-order valence-electron chi connectivity index (χ1n) is 9.58. The van der Waals surface area contributed by atoms with Gasteiger partial charge in [0.2, 0.25) is 0 Å². The normalized spacial score (nSPS) is 11.3. The largest absolute Gasteiger partial charge is 0.461 e. The molecule has 0 radical (unpaired) electrons. The van der Waals surface area contributed by atoms with Crippen LogP contribution in [0.2, 0.25) is 5.02 Å². The average Bonchev–Trinajstić information content (AvgIpc) is 3.07. The van der Waals surface area contributed by atoms with Crippen molar-refractivity contribution in [2.75, 3.05) is 6.61 Å². The van der Waals surface area contributed by atoms with Gasteiger partial charge in [0.1, 0.15) is 0 Å². The monoisotopic (exact) mass is 465 g/mol. The summed E-state index contributed by atoms with van der Waals surface area (Å²) in [6.07, 6.45) is -4.41. The van der Waals surface area contributed by atoms with Gasteiger partial charge in [-0.05, 0) is 55.8 Å². The summed E-state index contributed by atoms with van der Waals surface area (Å²) >= 11 is 6.20. The Hall–Kier alpha value is -3.33. The summed E-state index contributed by atoms with van der Waals surface area (Å²) < 4.78 is 44.3. The molecule has 1 heterocycles.